The Morgan fingerprint density at radius 1 is 1.29 bits per heavy atom. The number of hydrogen-bond acceptors (Lipinski definition) is 3. The molecule has 0 radical (unpaired) electrons. The van der Waals surface area contributed by atoms with Crippen LogP contribution in [0.3, 0.4) is 0 Å². The van der Waals surface area contributed by atoms with Gasteiger partial charge in [-0.25, -0.2) is 9.37 Å². The number of amides is 1. The van der Waals surface area contributed by atoms with Crippen LogP contribution in [0.25, 0.3) is 16.6 Å². The van der Waals surface area contributed by atoms with Gasteiger partial charge in [0.05, 0.1) is 17.3 Å². The van der Waals surface area contributed by atoms with Crippen molar-refractivity contribution in [1.29, 1.82) is 0 Å². The van der Waals surface area contributed by atoms with Crippen LogP contribution >= 0.6 is 0 Å². The van der Waals surface area contributed by atoms with Gasteiger partial charge >= 0.3 is 0 Å². The molecular weight excluding hydrogens is 355 g/mol. The van der Waals surface area contributed by atoms with Gasteiger partial charge in [0.15, 0.2) is 0 Å². The number of carbonyl (C=O) groups is 1. The highest BCUT2D eigenvalue weighted by molar-refractivity contribution is 6.02. The second-order valence-electron chi connectivity index (χ2n) is 7.80. The molecule has 0 aliphatic carbocycles. The number of benzene rings is 1. The van der Waals surface area contributed by atoms with Gasteiger partial charge in [-0.05, 0) is 50.1 Å². The van der Waals surface area contributed by atoms with Gasteiger partial charge in [0, 0.05) is 43.9 Å². The molecule has 1 aliphatic rings. The summed E-state index contributed by atoms with van der Waals surface area (Å²) in [6.45, 7) is 7.72. The van der Waals surface area contributed by atoms with Crippen LogP contribution in [0.5, 0.6) is 0 Å². The SMILES string of the molecule is Cc1ncc2c(-c3ccc(F)cc3C(=O)N(C)C(C)C)cc(C3CNC3)cn12. The molecule has 0 atom stereocenters. The first-order valence-corrected chi connectivity index (χ1v) is 9.62. The van der Waals surface area contributed by atoms with Gasteiger partial charge in [-0.1, -0.05) is 6.07 Å². The molecule has 0 bridgehead atoms. The summed E-state index contributed by atoms with van der Waals surface area (Å²) in [5, 5.41) is 3.30. The number of aromatic nitrogens is 2. The van der Waals surface area contributed by atoms with Crippen molar-refractivity contribution >= 4 is 11.4 Å². The quantitative estimate of drug-likeness (QED) is 0.752. The third kappa shape index (κ3) is 3.07. The molecule has 1 N–H and O–H groups in total. The van der Waals surface area contributed by atoms with Gasteiger partial charge in [0.1, 0.15) is 11.6 Å². The summed E-state index contributed by atoms with van der Waals surface area (Å²) in [4.78, 5) is 19.2. The Kier molecular flexibility index (Phi) is 4.67. The number of rotatable bonds is 4. The minimum atomic E-state index is -0.413. The molecule has 3 aromatic rings. The van der Waals surface area contributed by atoms with Crippen molar-refractivity contribution in [3.63, 3.8) is 0 Å². The first-order chi connectivity index (χ1) is 13.4. The van der Waals surface area contributed by atoms with Crippen LogP contribution < -0.4 is 5.32 Å². The minimum Gasteiger partial charge on any atom is -0.339 e. The molecule has 28 heavy (non-hydrogen) atoms. The highest BCUT2D eigenvalue weighted by Crippen LogP contribution is 2.33. The second kappa shape index (κ2) is 7.02. The normalized spacial score (nSPS) is 14.5. The maximum atomic E-state index is 14.1. The summed E-state index contributed by atoms with van der Waals surface area (Å²) in [6, 6.07) is 6.61. The van der Waals surface area contributed by atoms with Crippen molar-refractivity contribution in [2.24, 2.45) is 0 Å². The van der Waals surface area contributed by atoms with Crippen molar-refractivity contribution in [2.45, 2.75) is 32.7 Å². The van der Waals surface area contributed by atoms with Gasteiger partial charge in [-0.2, -0.15) is 0 Å². The van der Waals surface area contributed by atoms with E-state index in [1.54, 1.807) is 18.0 Å². The van der Waals surface area contributed by atoms with E-state index >= 15 is 0 Å². The highest BCUT2D eigenvalue weighted by Gasteiger charge is 2.24. The number of hydrogen-bond donors (Lipinski definition) is 1. The molecule has 4 rings (SSSR count). The standard InChI is InChI=1S/C22H25FN4O/c1-13(2)26(4)22(28)20-8-17(23)5-6-18(20)19-7-15(16-9-24-10-16)12-27-14(3)25-11-21(19)27/h5-8,11-13,16,24H,9-10H2,1-4H3. The molecule has 1 fully saturated rings. The van der Waals surface area contributed by atoms with Crippen LogP contribution in [0.2, 0.25) is 0 Å². The number of halogens is 1. The van der Waals surface area contributed by atoms with Gasteiger partial charge in [-0.15, -0.1) is 0 Å². The van der Waals surface area contributed by atoms with E-state index in [9.17, 15) is 9.18 Å². The zero-order valence-corrected chi connectivity index (χ0v) is 16.7. The topological polar surface area (TPSA) is 49.6 Å². The van der Waals surface area contributed by atoms with Crippen LogP contribution in [-0.2, 0) is 0 Å². The molecule has 3 heterocycles. The third-order valence-electron chi connectivity index (χ3n) is 5.70. The molecule has 5 nitrogen and oxygen atoms in total. The lowest BCUT2D eigenvalue weighted by atomic mass is 9.91. The lowest BCUT2D eigenvalue weighted by Gasteiger charge is -2.28. The summed E-state index contributed by atoms with van der Waals surface area (Å²) in [5.41, 5.74) is 4.13. The predicted octanol–water partition coefficient (Wildman–Crippen LogP) is 3.62. The smallest absolute Gasteiger partial charge is 0.254 e. The Balaban J connectivity index is 1.94. The van der Waals surface area contributed by atoms with Gasteiger partial charge in [0.2, 0.25) is 0 Å². The summed E-state index contributed by atoms with van der Waals surface area (Å²) < 4.78 is 16.1. The fraction of sp³-hybridized carbons (Fsp3) is 0.364. The Morgan fingerprint density at radius 2 is 2.04 bits per heavy atom. The van der Waals surface area contributed by atoms with Gasteiger partial charge in [-0.3, -0.25) is 4.79 Å². The van der Waals surface area contributed by atoms with E-state index in [2.05, 4.69) is 27.0 Å². The molecule has 1 amide bonds. The van der Waals surface area contributed by atoms with Crippen molar-refractivity contribution in [3.8, 4) is 11.1 Å². The minimum absolute atomic E-state index is 0.0215. The first-order valence-electron chi connectivity index (χ1n) is 9.62. The Bertz CT molecular complexity index is 1050. The number of nitrogens with zero attached hydrogens (tertiary/aromatic N) is 3. The van der Waals surface area contributed by atoms with Crippen LogP contribution in [-0.4, -0.2) is 46.4 Å². The molecule has 1 aromatic carbocycles. The van der Waals surface area contributed by atoms with Crippen LogP contribution in [0.1, 0.15) is 41.5 Å². The summed E-state index contributed by atoms with van der Waals surface area (Å²) in [5.74, 6) is 0.724. The lowest BCUT2D eigenvalue weighted by molar-refractivity contribution is 0.0755. The monoisotopic (exact) mass is 380 g/mol. The highest BCUT2D eigenvalue weighted by atomic mass is 19.1. The second-order valence-corrected chi connectivity index (χ2v) is 7.80. The van der Waals surface area contributed by atoms with Crippen molar-refractivity contribution in [1.82, 2.24) is 19.6 Å². The number of imidazole rings is 1. The molecule has 1 saturated heterocycles. The van der Waals surface area contributed by atoms with Crippen molar-refractivity contribution < 1.29 is 9.18 Å². The van der Waals surface area contributed by atoms with E-state index in [1.165, 1.54) is 17.7 Å². The molecule has 1 aliphatic heterocycles. The number of pyridine rings is 1. The van der Waals surface area contributed by atoms with E-state index in [4.69, 9.17) is 0 Å². The summed E-state index contributed by atoms with van der Waals surface area (Å²) >= 11 is 0. The maximum Gasteiger partial charge on any atom is 0.254 e. The van der Waals surface area contributed by atoms with Crippen LogP contribution in [0.15, 0.2) is 36.7 Å². The number of nitrogens with one attached hydrogen (secondary N) is 1. The van der Waals surface area contributed by atoms with E-state index in [0.29, 0.717) is 11.5 Å². The Hall–Kier alpha value is -2.73. The average molecular weight is 380 g/mol. The van der Waals surface area contributed by atoms with Crippen molar-refractivity contribution in [3.05, 3.63) is 59.4 Å². The maximum absolute atomic E-state index is 14.1. The molecule has 2 aromatic heterocycles. The van der Waals surface area contributed by atoms with Crippen molar-refractivity contribution in [2.75, 3.05) is 20.1 Å². The zero-order valence-electron chi connectivity index (χ0n) is 16.7. The van der Waals surface area contributed by atoms with E-state index in [-0.39, 0.29) is 11.9 Å². The fourth-order valence-electron chi connectivity index (χ4n) is 3.56. The Labute approximate surface area is 164 Å². The van der Waals surface area contributed by atoms with E-state index < -0.39 is 5.82 Å². The Morgan fingerprint density at radius 3 is 2.68 bits per heavy atom. The van der Waals surface area contributed by atoms with E-state index in [0.717, 1.165) is 35.6 Å². The molecule has 0 saturated carbocycles. The molecule has 0 spiro atoms. The molecule has 146 valence electrons. The molecule has 0 unspecified atom stereocenters. The van der Waals surface area contributed by atoms with Gasteiger partial charge in [0.25, 0.3) is 5.91 Å². The fourth-order valence-corrected chi connectivity index (χ4v) is 3.56. The predicted molar refractivity (Wildman–Crippen MR) is 108 cm³/mol. The average Bonchev–Trinajstić information content (AvgIpc) is 2.99. The lowest BCUT2D eigenvalue weighted by Crippen LogP contribution is -2.40. The zero-order chi connectivity index (χ0) is 20.0. The summed E-state index contributed by atoms with van der Waals surface area (Å²) in [7, 11) is 1.75. The number of fused-ring (bicyclic) bond motifs is 1. The van der Waals surface area contributed by atoms with Gasteiger partial charge < -0.3 is 14.6 Å². The largest absolute Gasteiger partial charge is 0.339 e. The molecule has 6 heteroatoms. The van der Waals surface area contributed by atoms with Crippen LogP contribution in [0.4, 0.5) is 4.39 Å². The first kappa shape index (κ1) is 18.6. The number of carbonyl (C=O) groups excluding carboxylic acids is 1. The molecular formula is C22H25FN4O. The van der Waals surface area contributed by atoms with E-state index in [1.807, 2.05) is 27.0 Å². The summed E-state index contributed by atoms with van der Waals surface area (Å²) in [6.07, 6.45) is 3.94. The number of aryl methyl sites for hydroxylation is 1. The van der Waals surface area contributed by atoms with Crippen LogP contribution in [0, 0.1) is 12.7 Å². The third-order valence-corrected chi connectivity index (χ3v) is 5.70.